The van der Waals surface area contributed by atoms with Gasteiger partial charge in [0.2, 0.25) is 21.8 Å². The Balaban J connectivity index is 2.51. The van der Waals surface area contributed by atoms with Crippen LogP contribution in [0.3, 0.4) is 0 Å². The van der Waals surface area contributed by atoms with Crippen LogP contribution in [-0.2, 0) is 26.2 Å². The van der Waals surface area contributed by atoms with Crippen LogP contribution in [0.2, 0.25) is 10.0 Å². The normalized spacial score (nSPS) is 12.3. The molecule has 0 fully saturated rings. The molecule has 2 amide bonds. The summed E-state index contributed by atoms with van der Waals surface area (Å²) in [5.41, 5.74) is 1.92. The van der Waals surface area contributed by atoms with E-state index in [4.69, 9.17) is 23.2 Å². The zero-order valence-electron chi connectivity index (χ0n) is 21.4. The molecule has 0 saturated carbocycles. The van der Waals surface area contributed by atoms with Gasteiger partial charge in [0, 0.05) is 13.1 Å². The Kier molecular flexibility index (Phi) is 11.1. The molecule has 10 heteroatoms. The number of sulfonamides is 1. The predicted octanol–water partition coefficient (Wildman–Crippen LogP) is 5.22. The van der Waals surface area contributed by atoms with E-state index in [1.54, 1.807) is 30.3 Å². The van der Waals surface area contributed by atoms with Gasteiger partial charge >= 0.3 is 0 Å². The molecular weight excluding hydrogens is 521 g/mol. The van der Waals surface area contributed by atoms with Crippen LogP contribution < -0.4 is 9.62 Å². The van der Waals surface area contributed by atoms with E-state index in [0.29, 0.717) is 34.3 Å². The Morgan fingerprint density at radius 2 is 1.69 bits per heavy atom. The Hall–Kier alpha value is -2.29. The number of nitrogens with zero attached hydrogens (tertiary/aromatic N) is 2. The molecule has 2 aromatic rings. The van der Waals surface area contributed by atoms with Gasteiger partial charge in [-0.25, -0.2) is 8.42 Å². The minimum absolute atomic E-state index is 0.0380. The molecule has 0 aliphatic carbocycles. The second-order valence-electron chi connectivity index (χ2n) is 8.97. The first-order valence-electron chi connectivity index (χ1n) is 12.0. The summed E-state index contributed by atoms with van der Waals surface area (Å²) < 4.78 is 26.8. The standard InChI is InChI=1S/C26H35Cl2N3O4S/c1-6-14-29-26(33)23(7-2)30(16-19-12-13-21(27)22(28)15-19)25(32)17-31(36(5,34)35)24-11-9-8-10-20(24)18(3)4/h8-13,15,18,23H,6-7,14,16-17H2,1-5H3,(H,29,33)/t23-/m0/s1. The second kappa shape index (κ2) is 13.3. The highest BCUT2D eigenvalue weighted by Crippen LogP contribution is 2.29. The molecule has 0 bridgehead atoms. The van der Waals surface area contributed by atoms with Crippen molar-refractivity contribution in [3.8, 4) is 0 Å². The summed E-state index contributed by atoms with van der Waals surface area (Å²) in [7, 11) is -3.81. The molecule has 7 nitrogen and oxygen atoms in total. The van der Waals surface area contributed by atoms with Crippen LogP contribution in [0.4, 0.5) is 5.69 Å². The average Bonchev–Trinajstić information content (AvgIpc) is 2.82. The molecule has 1 atom stereocenters. The summed E-state index contributed by atoms with van der Waals surface area (Å²) in [4.78, 5) is 28.2. The molecule has 2 rings (SSSR count). The van der Waals surface area contributed by atoms with Gasteiger partial charge in [-0.2, -0.15) is 0 Å². The Morgan fingerprint density at radius 3 is 2.25 bits per heavy atom. The first-order chi connectivity index (χ1) is 16.9. The molecule has 0 unspecified atom stereocenters. The van der Waals surface area contributed by atoms with Gasteiger partial charge in [0.1, 0.15) is 12.6 Å². The second-order valence-corrected chi connectivity index (χ2v) is 11.7. The summed E-state index contributed by atoms with van der Waals surface area (Å²) >= 11 is 12.2. The number of carbonyl (C=O) groups is 2. The third kappa shape index (κ3) is 7.85. The zero-order valence-corrected chi connectivity index (χ0v) is 23.8. The lowest BCUT2D eigenvalue weighted by Crippen LogP contribution is -2.52. The maximum absolute atomic E-state index is 13.8. The monoisotopic (exact) mass is 555 g/mol. The fraction of sp³-hybridized carbons (Fsp3) is 0.462. The number of halogens is 2. The molecule has 0 saturated heterocycles. The maximum atomic E-state index is 13.8. The number of hydrogen-bond acceptors (Lipinski definition) is 4. The Labute approximate surface area is 224 Å². The SMILES string of the molecule is CCCNC(=O)[C@H](CC)N(Cc1ccc(Cl)c(Cl)c1)C(=O)CN(c1ccccc1C(C)C)S(C)(=O)=O. The highest BCUT2D eigenvalue weighted by Gasteiger charge is 2.32. The molecule has 0 aliphatic heterocycles. The van der Waals surface area contributed by atoms with Crippen molar-refractivity contribution >= 4 is 50.7 Å². The van der Waals surface area contributed by atoms with Crippen LogP contribution in [0.25, 0.3) is 0 Å². The highest BCUT2D eigenvalue weighted by molar-refractivity contribution is 7.92. The Bertz CT molecular complexity index is 1170. The van der Waals surface area contributed by atoms with Crippen molar-refractivity contribution in [3.05, 3.63) is 63.6 Å². The van der Waals surface area contributed by atoms with Crippen molar-refractivity contribution in [1.82, 2.24) is 10.2 Å². The van der Waals surface area contributed by atoms with Crippen molar-refractivity contribution in [2.24, 2.45) is 0 Å². The summed E-state index contributed by atoms with van der Waals surface area (Å²) in [6, 6.07) is 11.3. The molecule has 0 spiro atoms. The molecule has 0 aromatic heterocycles. The number of nitrogens with one attached hydrogen (secondary N) is 1. The van der Waals surface area contributed by atoms with Gasteiger partial charge in [-0.3, -0.25) is 13.9 Å². The third-order valence-electron chi connectivity index (χ3n) is 5.78. The largest absolute Gasteiger partial charge is 0.354 e. The van der Waals surface area contributed by atoms with E-state index >= 15 is 0 Å². The topological polar surface area (TPSA) is 86.8 Å². The molecule has 0 radical (unpaired) electrons. The van der Waals surface area contributed by atoms with E-state index in [9.17, 15) is 18.0 Å². The van der Waals surface area contributed by atoms with Crippen molar-refractivity contribution in [1.29, 1.82) is 0 Å². The number of carbonyl (C=O) groups excluding carboxylic acids is 2. The van der Waals surface area contributed by atoms with Gasteiger partial charge < -0.3 is 10.2 Å². The summed E-state index contributed by atoms with van der Waals surface area (Å²) in [6.07, 6.45) is 2.17. The average molecular weight is 557 g/mol. The summed E-state index contributed by atoms with van der Waals surface area (Å²) in [5.74, 6) is -0.749. The van der Waals surface area contributed by atoms with E-state index in [0.717, 1.165) is 22.5 Å². The van der Waals surface area contributed by atoms with Crippen LogP contribution in [0, 0.1) is 0 Å². The number of anilines is 1. The van der Waals surface area contributed by atoms with Crippen molar-refractivity contribution in [2.45, 2.75) is 59.0 Å². The van der Waals surface area contributed by atoms with Crippen LogP contribution >= 0.6 is 23.2 Å². The van der Waals surface area contributed by atoms with Crippen LogP contribution in [0.5, 0.6) is 0 Å². The number of hydrogen-bond donors (Lipinski definition) is 1. The lowest BCUT2D eigenvalue weighted by atomic mass is 10.0. The summed E-state index contributed by atoms with van der Waals surface area (Å²) in [6.45, 7) is 7.77. The fourth-order valence-electron chi connectivity index (χ4n) is 3.92. The summed E-state index contributed by atoms with van der Waals surface area (Å²) in [5, 5.41) is 3.55. The lowest BCUT2D eigenvalue weighted by molar-refractivity contribution is -0.140. The first kappa shape index (κ1) is 29.9. The van der Waals surface area contributed by atoms with E-state index < -0.39 is 28.5 Å². The Morgan fingerprint density at radius 1 is 1.03 bits per heavy atom. The third-order valence-corrected chi connectivity index (χ3v) is 7.64. The van der Waals surface area contributed by atoms with Gasteiger partial charge in [-0.1, -0.05) is 75.2 Å². The molecule has 2 aromatic carbocycles. The fourth-order valence-corrected chi connectivity index (χ4v) is 5.11. The molecule has 0 heterocycles. The zero-order chi connectivity index (χ0) is 27.0. The van der Waals surface area contributed by atoms with Gasteiger partial charge in [0.15, 0.2) is 0 Å². The molecule has 36 heavy (non-hydrogen) atoms. The van der Waals surface area contributed by atoms with E-state index in [2.05, 4.69) is 5.32 Å². The van der Waals surface area contributed by atoms with Crippen molar-refractivity contribution < 1.29 is 18.0 Å². The first-order valence-corrected chi connectivity index (χ1v) is 14.6. The minimum Gasteiger partial charge on any atom is -0.354 e. The van der Waals surface area contributed by atoms with Gasteiger partial charge in [0.05, 0.1) is 22.0 Å². The van der Waals surface area contributed by atoms with E-state index in [1.165, 1.54) is 4.90 Å². The number of benzene rings is 2. The van der Waals surface area contributed by atoms with Crippen molar-refractivity contribution in [3.63, 3.8) is 0 Å². The minimum atomic E-state index is -3.81. The van der Waals surface area contributed by atoms with Gasteiger partial charge in [-0.15, -0.1) is 0 Å². The molecular formula is C26H35Cl2N3O4S. The van der Waals surface area contributed by atoms with Gasteiger partial charge in [0.25, 0.3) is 0 Å². The van der Waals surface area contributed by atoms with Crippen LogP contribution in [-0.4, -0.2) is 50.5 Å². The molecule has 198 valence electrons. The van der Waals surface area contributed by atoms with Crippen LogP contribution in [0.1, 0.15) is 57.6 Å². The number of rotatable bonds is 12. The smallest absolute Gasteiger partial charge is 0.244 e. The van der Waals surface area contributed by atoms with E-state index in [-0.39, 0.29) is 18.4 Å². The number of amides is 2. The quantitative estimate of drug-likeness (QED) is 0.389. The maximum Gasteiger partial charge on any atom is 0.244 e. The lowest BCUT2D eigenvalue weighted by Gasteiger charge is -2.33. The number of para-hydroxylation sites is 1. The highest BCUT2D eigenvalue weighted by atomic mass is 35.5. The van der Waals surface area contributed by atoms with Gasteiger partial charge in [-0.05, 0) is 48.1 Å². The molecule has 0 aliphatic rings. The van der Waals surface area contributed by atoms with Crippen LogP contribution in [0.15, 0.2) is 42.5 Å². The predicted molar refractivity (Wildman–Crippen MR) is 147 cm³/mol. The molecule has 1 N–H and O–H groups in total. The van der Waals surface area contributed by atoms with E-state index in [1.807, 2.05) is 39.8 Å². The van der Waals surface area contributed by atoms with Crippen molar-refractivity contribution in [2.75, 3.05) is 23.7 Å².